The molecule has 3 aliphatic heterocycles. The van der Waals surface area contributed by atoms with Crippen molar-refractivity contribution in [3.05, 3.63) is 12.2 Å². The summed E-state index contributed by atoms with van der Waals surface area (Å²) in [6.07, 6.45) is -3.57. The van der Waals surface area contributed by atoms with E-state index < -0.39 is 97.2 Å². The van der Waals surface area contributed by atoms with E-state index in [1.54, 1.807) is 6.92 Å². The van der Waals surface area contributed by atoms with Gasteiger partial charge in [0.05, 0.1) is 43.7 Å². The van der Waals surface area contributed by atoms with Gasteiger partial charge in [0, 0.05) is 29.1 Å². The lowest BCUT2D eigenvalue weighted by Gasteiger charge is -2.73. The Morgan fingerprint density at radius 1 is 0.793 bits per heavy atom. The summed E-state index contributed by atoms with van der Waals surface area (Å²) in [5.41, 5.74) is -2.00. The van der Waals surface area contributed by atoms with Crippen molar-refractivity contribution in [2.75, 3.05) is 19.8 Å². The fourth-order valence-corrected chi connectivity index (χ4v) is 14.6. The number of rotatable bonds is 7. The quantitative estimate of drug-likeness (QED) is 0.112. The second-order valence-corrected chi connectivity index (χ2v) is 21.5. The molecule has 0 aromatic heterocycles. The normalized spacial score (nSPS) is 57.1. The minimum atomic E-state index is -1.69. The summed E-state index contributed by atoms with van der Waals surface area (Å²) in [5.74, 6) is -0.382. The minimum absolute atomic E-state index is 0.0223. The SMILES string of the molecule is CC(=O)O[C@H]1[C@H](O[C@H]2[C@@H](O)[C@@H](C)O[C@@H](O[C@H]3CC[C@@]4(C)[C@@H](CC[C@]5(C)[C@@H]4C=C[C@]46OC[C@@]7(CCC(C)(C)C[C@H]74)[C@H](O)C[C@]65C)[C@]3(C)CO)[C@@H]2O)O[C@H](CO)[C@@H](O)[C@@H]1O. The molecule has 7 fully saturated rings. The van der Waals surface area contributed by atoms with Crippen LogP contribution in [0.3, 0.4) is 0 Å². The molecule has 58 heavy (non-hydrogen) atoms. The molecule has 8 aliphatic rings. The first-order valence-corrected chi connectivity index (χ1v) is 21.8. The minimum Gasteiger partial charge on any atom is -0.454 e. The number of esters is 1. The lowest BCUT2D eigenvalue weighted by molar-refractivity contribution is -0.368. The first-order valence-electron chi connectivity index (χ1n) is 21.8. The first-order chi connectivity index (χ1) is 27.1. The highest BCUT2D eigenvalue weighted by atomic mass is 16.7. The zero-order chi connectivity index (χ0) is 42.2. The molecule has 21 atom stereocenters. The lowest BCUT2D eigenvalue weighted by atomic mass is 9.32. The zero-order valence-electron chi connectivity index (χ0n) is 35.6. The third-order valence-electron chi connectivity index (χ3n) is 18.2. The topological polar surface area (TPSA) is 214 Å². The second kappa shape index (κ2) is 14.4. The van der Waals surface area contributed by atoms with E-state index in [9.17, 15) is 40.5 Å². The maximum Gasteiger partial charge on any atom is 0.303 e. The highest BCUT2D eigenvalue weighted by Crippen LogP contribution is 2.79. The Labute approximate surface area is 342 Å². The van der Waals surface area contributed by atoms with E-state index in [0.29, 0.717) is 19.4 Å². The van der Waals surface area contributed by atoms with Gasteiger partial charge in [-0.05, 0) is 86.4 Å². The van der Waals surface area contributed by atoms with Gasteiger partial charge in [-0.25, -0.2) is 0 Å². The second-order valence-electron chi connectivity index (χ2n) is 21.5. The van der Waals surface area contributed by atoms with Crippen LogP contribution in [-0.2, 0) is 33.2 Å². The van der Waals surface area contributed by atoms with Crippen molar-refractivity contribution in [2.45, 2.75) is 186 Å². The molecule has 330 valence electrons. The molecule has 0 unspecified atom stereocenters. The Morgan fingerprint density at radius 2 is 1.52 bits per heavy atom. The number of hydrogen-bond acceptors (Lipinski definition) is 14. The molecule has 2 bridgehead atoms. The van der Waals surface area contributed by atoms with Gasteiger partial charge in [0.15, 0.2) is 18.7 Å². The molecule has 3 heterocycles. The van der Waals surface area contributed by atoms with Gasteiger partial charge in [0.1, 0.15) is 36.6 Å². The number of ether oxygens (including phenoxy) is 6. The fraction of sp³-hybridized carbons (Fsp3) is 0.932. The molecule has 7 N–H and O–H groups in total. The molecule has 14 heteroatoms. The van der Waals surface area contributed by atoms with Crippen molar-refractivity contribution in [3.8, 4) is 0 Å². The molecule has 0 radical (unpaired) electrons. The van der Waals surface area contributed by atoms with Crippen LogP contribution in [0.4, 0.5) is 0 Å². The zero-order valence-corrected chi connectivity index (χ0v) is 35.6. The summed E-state index contributed by atoms with van der Waals surface area (Å²) in [7, 11) is 0. The van der Waals surface area contributed by atoms with E-state index in [1.807, 2.05) is 0 Å². The van der Waals surface area contributed by atoms with Gasteiger partial charge in [-0.1, -0.05) is 53.7 Å². The molecule has 8 rings (SSSR count). The number of carbonyl (C=O) groups is 1. The van der Waals surface area contributed by atoms with E-state index >= 15 is 0 Å². The molecule has 5 aliphatic carbocycles. The third kappa shape index (κ3) is 5.89. The molecular formula is C44H70O14. The highest BCUT2D eigenvalue weighted by molar-refractivity contribution is 5.66. The van der Waals surface area contributed by atoms with E-state index in [4.69, 9.17) is 28.4 Å². The molecule has 1 spiro atoms. The third-order valence-corrected chi connectivity index (χ3v) is 18.2. The number of aliphatic hydroxyl groups is 7. The van der Waals surface area contributed by atoms with E-state index in [1.165, 1.54) is 0 Å². The number of carbonyl (C=O) groups excluding carboxylic acids is 1. The van der Waals surface area contributed by atoms with Gasteiger partial charge in [0.25, 0.3) is 0 Å². The number of allylic oxidation sites excluding steroid dienone is 1. The van der Waals surface area contributed by atoms with Gasteiger partial charge in [-0.3, -0.25) is 4.79 Å². The molecule has 3 saturated heterocycles. The summed E-state index contributed by atoms with van der Waals surface area (Å²) in [5, 5.41) is 77.6. The van der Waals surface area contributed by atoms with E-state index in [2.05, 4.69) is 53.7 Å². The Hall–Kier alpha value is -1.27. The average molecular weight is 823 g/mol. The van der Waals surface area contributed by atoms with Crippen molar-refractivity contribution in [3.63, 3.8) is 0 Å². The van der Waals surface area contributed by atoms with Crippen molar-refractivity contribution in [1.29, 1.82) is 0 Å². The summed E-state index contributed by atoms with van der Waals surface area (Å²) < 4.78 is 36.9. The van der Waals surface area contributed by atoms with Crippen LogP contribution in [0.25, 0.3) is 0 Å². The average Bonchev–Trinajstić information content (AvgIpc) is 3.44. The fourth-order valence-electron chi connectivity index (χ4n) is 14.6. The van der Waals surface area contributed by atoms with E-state index in [0.717, 1.165) is 45.4 Å². The van der Waals surface area contributed by atoms with Crippen LogP contribution in [0.1, 0.15) is 107 Å². The summed E-state index contributed by atoms with van der Waals surface area (Å²) in [6.45, 7) is 16.4. The van der Waals surface area contributed by atoms with Crippen LogP contribution in [0.15, 0.2) is 12.2 Å². The standard InChI is InChI=1S/C44H70O14/c1-22-30(49)34(58-37-35(55-23(2)47)32(51)31(50)24(19-45)56-37)33(52)36(54-22)57-29-11-12-39(5)25(40(29,6)20-46)9-13-41(7)26(39)10-14-44-27-17-38(3,4)15-16-43(27,21-53-44)28(48)18-42(41,44)8/h10,14,22,24-37,45-46,48-52H,9,11-13,15-21H2,1-8H3/t22-,24-,25-,26-,27-,28-,29+,30+,31-,32+,33-,34+,35-,36+,37+,39+,40+,41-,42+,43-,44+/m1/s1. The van der Waals surface area contributed by atoms with Crippen LogP contribution < -0.4 is 0 Å². The van der Waals surface area contributed by atoms with Crippen molar-refractivity contribution in [1.82, 2.24) is 0 Å². The molecule has 0 aromatic rings. The van der Waals surface area contributed by atoms with Crippen LogP contribution >= 0.6 is 0 Å². The van der Waals surface area contributed by atoms with E-state index in [-0.39, 0.29) is 51.4 Å². The monoisotopic (exact) mass is 822 g/mol. The molecule has 14 nitrogen and oxygen atoms in total. The Balaban J connectivity index is 1.05. The predicted molar refractivity (Wildman–Crippen MR) is 206 cm³/mol. The number of hydrogen-bond donors (Lipinski definition) is 7. The van der Waals surface area contributed by atoms with Gasteiger partial charge in [-0.15, -0.1) is 0 Å². The van der Waals surface area contributed by atoms with Crippen molar-refractivity contribution < 1.29 is 69.0 Å². The Kier molecular flexibility index (Phi) is 10.8. The van der Waals surface area contributed by atoms with Crippen molar-refractivity contribution in [2.24, 2.45) is 50.2 Å². The van der Waals surface area contributed by atoms with Gasteiger partial charge in [0.2, 0.25) is 0 Å². The largest absolute Gasteiger partial charge is 0.454 e. The van der Waals surface area contributed by atoms with Gasteiger partial charge in [-0.2, -0.15) is 0 Å². The van der Waals surface area contributed by atoms with Crippen LogP contribution in [-0.4, -0.2) is 141 Å². The molecule has 0 aromatic carbocycles. The summed E-state index contributed by atoms with van der Waals surface area (Å²) in [6, 6.07) is 0. The summed E-state index contributed by atoms with van der Waals surface area (Å²) >= 11 is 0. The predicted octanol–water partition coefficient (Wildman–Crippen LogP) is 2.35. The smallest absolute Gasteiger partial charge is 0.303 e. The maximum absolute atomic E-state index is 12.2. The first kappa shape index (κ1) is 43.4. The van der Waals surface area contributed by atoms with Crippen molar-refractivity contribution >= 4 is 5.97 Å². The maximum atomic E-state index is 12.2. The van der Waals surface area contributed by atoms with Gasteiger partial charge < -0.3 is 64.2 Å². The molecule has 0 amide bonds. The highest BCUT2D eigenvalue weighted by Gasteiger charge is 2.79. The molecule has 4 saturated carbocycles. The molecular weight excluding hydrogens is 752 g/mol. The number of aliphatic hydroxyl groups excluding tert-OH is 7. The number of fused-ring (bicyclic) bond motifs is 4. The van der Waals surface area contributed by atoms with Crippen LogP contribution in [0.2, 0.25) is 0 Å². The Bertz CT molecular complexity index is 1610. The summed E-state index contributed by atoms with van der Waals surface area (Å²) in [4.78, 5) is 12.0. The van der Waals surface area contributed by atoms with Crippen LogP contribution in [0, 0.1) is 50.2 Å². The van der Waals surface area contributed by atoms with Gasteiger partial charge >= 0.3 is 5.97 Å². The lowest BCUT2D eigenvalue weighted by Crippen LogP contribution is -2.72. The Morgan fingerprint density at radius 3 is 2.19 bits per heavy atom. The van der Waals surface area contributed by atoms with Crippen LogP contribution in [0.5, 0.6) is 0 Å².